The quantitative estimate of drug-likeness (QED) is 0.814. The van der Waals surface area contributed by atoms with Gasteiger partial charge >= 0.3 is 6.03 Å². The van der Waals surface area contributed by atoms with Crippen molar-refractivity contribution in [1.29, 1.82) is 0 Å². The van der Waals surface area contributed by atoms with Crippen LogP contribution in [-0.4, -0.2) is 19.1 Å². The van der Waals surface area contributed by atoms with Crippen molar-refractivity contribution in [3.8, 4) is 0 Å². The van der Waals surface area contributed by atoms with Gasteiger partial charge in [-0.1, -0.05) is 61.9 Å². The van der Waals surface area contributed by atoms with Crippen molar-refractivity contribution in [3.63, 3.8) is 0 Å². The summed E-state index contributed by atoms with van der Waals surface area (Å²) in [6.07, 6.45) is 8.62. The van der Waals surface area contributed by atoms with E-state index in [1.165, 1.54) is 32.1 Å². The monoisotopic (exact) mass is 308 g/mol. The normalized spacial score (nSPS) is 15.7. The average molecular weight is 309 g/mol. The van der Waals surface area contributed by atoms with Crippen LogP contribution in [0.2, 0.25) is 5.02 Å². The Kier molecular flexibility index (Phi) is 6.87. The Hall–Kier alpha value is -1.22. The highest BCUT2D eigenvalue weighted by atomic mass is 35.5. The summed E-state index contributed by atoms with van der Waals surface area (Å²) in [6, 6.07) is 7.67. The molecule has 1 aliphatic rings. The molecule has 0 heterocycles. The summed E-state index contributed by atoms with van der Waals surface area (Å²) in [6.45, 7) is 1.39. The third-order valence-corrected chi connectivity index (χ3v) is 4.57. The van der Waals surface area contributed by atoms with Crippen LogP contribution in [0.25, 0.3) is 0 Å². The Morgan fingerprint density at radius 3 is 2.57 bits per heavy atom. The smallest absolute Gasteiger partial charge is 0.314 e. The van der Waals surface area contributed by atoms with Crippen LogP contribution >= 0.6 is 11.6 Å². The van der Waals surface area contributed by atoms with Gasteiger partial charge in [0.1, 0.15) is 0 Å². The van der Waals surface area contributed by atoms with E-state index in [4.69, 9.17) is 11.6 Å². The molecule has 0 bridgehead atoms. The van der Waals surface area contributed by atoms with Crippen molar-refractivity contribution >= 4 is 17.6 Å². The molecule has 0 radical (unpaired) electrons. The Morgan fingerprint density at radius 2 is 1.81 bits per heavy atom. The zero-order valence-corrected chi connectivity index (χ0v) is 13.3. The lowest BCUT2D eigenvalue weighted by Gasteiger charge is -2.21. The van der Waals surface area contributed by atoms with Gasteiger partial charge in [0.2, 0.25) is 0 Å². The van der Waals surface area contributed by atoms with Gasteiger partial charge in [0, 0.05) is 18.1 Å². The highest BCUT2D eigenvalue weighted by molar-refractivity contribution is 6.31. The van der Waals surface area contributed by atoms with E-state index in [0.29, 0.717) is 6.54 Å². The molecule has 1 saturated carbocycles. The molecule has 1 aromatic rings. The van der Waals surface area contributed by atoms with Gasteiger partial charge in [-0.3, -0.25) is 0 Å². The molecule has 2 N–H and O–H groups in total. The summed E-state index contributed by atoms with van der Waals surface area (Å²) in [5.74, 6) is 0.808. The van der Waals surface area contributed by atoms with Crippen LogP contribution in [0.4, 0.5) is 4.79 Å². The van der Waals surface area contributed by atoms with E-state index < -0.39 is 0 Å². The second-order valence-corrected chi connectivity index (χ2v) is 6.22. The number of rotatable bonds is 6. The molecular weight excluding hydrogens is 284 g/mol. The van der Waals surface area contributed by atoms with Crippen molar-refractivity contribution in [2.45, 2.75) is 44.9 Å². The van der Waals surface area contributed by atoms with Crippen LogP contribution in [0.3, 0.4) is 0 Å². The lowest BCUT2D eigenvalue weighted by Crippen LogP contribution is -2.37. The maximum Gasteiger partial charge on any atom is 0.314 e. The van der Waals surface area contributed by atoms with E-state index in [-0.39, 0.29) is 6.03 Å². The molecule has 1 aromatic carbocycles. The van der Waals surface area contributed by atoms with E-state index in [9.17, 15) is 4.79 Å². The van der Waals surface area contributed by atoms with Crippen LogP contribution in [-0.2, 0) is 6.42 Å². The van der Waals surface area contributed by atoms with E-state index >= 15 is 0 Å². The van der Waals surface area contributed by atoms with Crippen LogP contribution in [0.15, 0.2) is 24.3 Å². The molecule has 1 fully saturated rings. The number of amides is 2. The van der Waals surface area contributed by atoms with E-state index in [1.807, 2.05) is 24.3 Å². The summed E-state index contributed by atoms with van der Waals surface area (Å²) in [5.41, 5.74) is 1.07. The van der Waals surface area contributed by atoms with Crippen molar-refractivity contribution < 1.29 is 4.79 Å². The van der Waals surface area contributed by atoms with Crippen LogP contribution < -0.4 is 10.6 Å². The fourth-order valence-corrected chi connectivity index (χ4v) is 3.17. The number of hydrogen-bond acceptors (Lipinski definition) is 1. The van der Waals surface area contributed by atoms with E-state index in [1.54, 1.807) is 0 Å². The first-order chi connectivity index (χ1) is 10.3. The highest BCUT2D eigenvalue weighted by Gasteiger charge is 2.13. The second kappa shape index (κ2) is 8.93. The van der Waals surface area contributed by atoms with Crippen LogP contribution in [0, 0.1) is 5.92 Å². The number of carbonyl (C=O) groups excluding carboxylic acids is 1. The molecule has 0 atom stereocenters. The predicted molar refractivity (Wildman–Crippen MR) is 87.7 cm³/mol. The van der Waals surface area contributed by atoms with Gasteiger partial charge in [0.25, 0.3) is 0 Å². The maximum absolute atomic E-state index is 11.7. The van der Waals surface area contributed by atoms with Crippen LogP contribution in [0.1, 0.15) is 44.1 Å². The van der Waals surface area contributed by atoms with Crippen molar-refractivity contribution in [2.75, 3.05) is 13.1 Å². The molecule has 0 aromatic heterocycles. The molecule has 2 rings (SSSR count). The molecule has 3 nitrogen and oxygen atoms in total. The maximum atomic E-state index is 11.7. The average Bonchev–Trinajstić information content (AvgIpc) is 2.50. The van der Waals surface area contributed by atoms with Gasteiger partial charge in [0.05, 0.1) is 0 Å². The van der Waals surface area contributed by atoms with E-state index in [0.717, 1.165) is 35.9 Å². The first-order valence-electron chi connectivity index (χ1n) is 8.01. The number of nitrogens with one attached hydrogen (secondary N) is 2. The summed E-state index contributed by atoms with van der Waals surface area (Å²) in [7, 11) is 0. The molecule has 21 heavy (non-hydrogen) atoms. The Balaban J connectivity index is 1.56. The number of benzene rings is 1. The Morgan fingerprint density at radius 1 is 1.10 bits per heavy atom. The summed E-state index contributed by atoms with van der Waals surface area (Å²) < 4.78 is 0. The number of hydrogen-bond donors (Lipinski definition) is 2. The lowest BCUT2D eigenvalue weighted by atomic mass is 9.87. The zero-order valence-electron chi connectivity index (χ0n) is 12.5. The van der Waals surface area contributed by atoms with Gasteiger partial charge in [-0.05, 0) is 30.4 Å². The number of halogens is 1. The molecule has 1 aliphatic carbocycles. The first kappa shape index (κ1) is 16.2. The first-order valence-corrected chi connectivity index (χ1v) is 8.38. The lowest BCUT2D eigenvalue weighted by molar-refractivity contribution is 0.239. The molecule has 0 aliphatic heterocycles. The fourth-order valence-electron chi connectivity index (χ4n) is 2.94. The summed E-state index contributed by atoms with van der Waals surface area (Å²) in [4.78, 5) is 11.7. The molecule has 4 heteroatoms. The minimum atomic E-state index is -0.0714. The zero-order chi connectivity index (χ0) is 14.9. The summed E-state index contributed by atoms with van der Waals surface area (Å²) >= 11 is 6.08. The Labute approximate surface area is 132 Å². The van der Waals surface area contributed by atoms with Gasteiger partial charge in [0.15, 0.2) is 0 Å². The van der Waals surface area contributed by atoms with Gasteiger partial charge < -0.3 is 10.6 Å². The topological polar surface area (TPSA) is 41.1 Å². The SMILES string of the molecule is O=C(NCCc1ccccc1Cl)NCCC1CCCCC1. The number of urea groups is 1. The van der Waals surface area contributed by atoms with Crippen molar-refractivity contribution in [3.05, 3.63) is 34.9 Å². The molecular formula is C17H25ClN2O. The molecule has 0 unspecified atom stereocenters. The largest absolute Gasteiger partial charge is 0.338 e. The molecule has 2 amide bonds. The molecule has 0 saturated heterocycles. The highest BCUT2D eigenvalue weighted by Crippen LogP contribution is 2.25. The number of carbonyl (C=O) groups is 1. The fraction of sp³-hybridized carbons (Fsp3) is 0.588. The van der Waals surface area contributed by atoms with Gasteiger partial charge in [-0.2, -0.15) is 0 Å². The van der Waals surface area contributed by atoms with Gasteiger partial charge in [-0.25, -0.2) is 4.79 Å². The van der Waals surface area contributed by atoms with Gasteiger partial charge in [-0.15, -0.1) is 0 Å². The predicted octanol–water partition coefficient (Wildman–Crippen LogP) is 4.15. The second-order valence-electron chi connectivity index (χ2n) is 5.82. The Bertz CT molecular complexity index is 444. The molecule has 116 valence electrons. The molecule has 0 spiro atoms. The standard InChI is InChI=1S/C17H25ClN2O/c18-16-9-5-4-8-15(16)11-13-20-17(21)19-12-10-14-6-2-1-3-7-14/h4-5,8-9,14H,1-3,6-7,10-13H2,(H2,19,20,21). The third kappa shape index (κ3) is 5.96. The van der Waals surface area contributed by atoms with Crippen molar-refractivity contribution in [2.24, 2.45) is 5.92 Å². The van der Waals surface area contributed by atoms with Crippen molar-refractivity contribution in [1.82, 2.24) is 10.6 Å². The van der Waals surface area contributed by atoms with E-state index in [2.05, 4.69) is 10.6 Å². The minimum Gasteiger partial charge on any atom is -0.338 e. The third-order valence-electron chi connectivity index (χ3n) is 4.20. The van der Waals surface area contributed by atoms with Crippen LogP contribution in [0.5, 0.6) is 0 Å². The summed E-state index contributed by atoms with van der Waals surface area (Å²) in [5, 5.41) is 6.60. The minimum absolute atomic E-state index is 0.0714.